The molecule has 4 heteroatoms. The Bertz CT molecular complexity index is 220. The number of fused-ring (bicyclic) bond motifs is 2. The molecule has 1 saturated carbocycles. The van der Waals surface area contributed by atoms with Gasteiger partial charge in [0.1, 0.15) is 0 Å². The molecule has 2 bridgehead atoms. The van der Waals surface area contributed by atoms with E-state index in [1.807, 2.05) is 4.90 Å². The number of nitrogens with zero attached hydrogens (tertiary/aromatic N) is 1. The number of piperidine rings is 2. The molecule has 0 spiro atoms. The van der Waals surface area contributed by atoms with Gasteiger partial charge in [0.25, 0.3) is 0 Å². The molecule has 0 unspecified atom stereocenters. The molecule has 0 radical (unpaired) electrons. The van der Waals surface area contributed by atoms with Gasteiger partial charge in [-0.15, -0.1) is 0 Å². The van der Waals surface area contributed by atoms with E-state index in [1.165, 1.54) is 6.42 Å². The number of methoxy groups -OCH3 is 1. The normalized spacial score (nSPS) is 35.3. The Hall–Kier alpha value is -0.610. The highest BCUT2D eigenvalue weighted by Crippen LogP contribution is 2.41. The molecule has 3 rings (SSSR count). The third kappa shape index (κ3) is 1.53. The molecule has 3 aliphatic rings. The highest BCUT2D eigenvalue weighted by Gasteiger charge is 2.47. The first kappa shape index (κ1) is 9.93. The first-order valence-corrected chi connectivity index (χ1v) is 5.27. The molecule has 0 aromatic heterocycles. The van der Waals surface area contributed by atoms with Crippen LogP contribution >= 0.6 is 0 Å². The second-order valence-electron chi connectivity index (χ2n) is 4.29. The average molecular weight is 198 g/mol. The summed E-state index contributed by atoms with van der Waals surface area (Å²) in [5.74, 6) is 1.35. The number of hydrogen-bond donors (Lipinski definition) is 1. The summed E-state index contributed by atoms with van der Waals surface area (Å²) in [5, 5.41) is 0. The largest absolute Gasteiger partial charge is 0.381 e. The fourth-order valence-electron chi connectivity index (χ4n) is 2.71. The lowest BCUT2D eigenvalue weighted by molar-refractivity contribution is -0.155. The summed E-state index contributed by atoms with van der Waals surface area (Å²) in [7, 11) is 1.77. The van der Waals surface area contributed by atoms with E-state index in [9.17, 15) is 4.79 Å². The summed E-state index contributed by atoms with van der Waals surface area (Å²) in [6, 6.07) is 0. The fourth-order valence-corrected chi connectivity index (χ4v) is 2.71. The maximum absolute atomic E-state index is 11.6. The molecule has 0 aromatic rings. The van der Waals surface area contributed by atoms with Crippen molar-refractivity contribution in [3.8, 4) is 0 Å². The van der Waals surface area contributed by atoms with E-state index in [0.717, 1.165) is 13.1 Å². The highest BCUT2D eigenvalue weighted by molar-refractivity contribution is 5.76. The minimum absolute atomic E-state index is 0.205. The fraction of sp³-hybridized carbons (Fsp3) is 0.900. The molecule has 2 saturated heterocycles. The van der Waals surface area contributed by atoms with Crippen LogP contribution in [0, 0.1) is 11.8 Å². The molecular weight excluding hydrogens is 180 g/mol. The van der Waals surface area contributed by atoms with Crippen molar-refractivity contribution in [1.29, 1.82) is 0 Å². The van der Waals surface area contributed by atoms with Crippen LogP contribution in [0.3, 0.4) is 0 Å². The van der Waals surface area contributed by atoms with Gasteiger partial charge in [0.15, 0.2) is 0 Å². The van der Waals surface area contributed by atoms with Gasteiger partial charge in [0.05, 0.1) is 6.10 Å². The lowest BCUT2D eigenvalue weighted by Gasteiger charge is -2.52. The van der Waals surface area contributed by atoms with Crippen molar-refractivity contribution in [3.63, 3.8) is 0 Å². The van der Waals surface area contributed by atoms with E-state index in [1.54, 1.807) is 7.11 Å². The van der Waals surface area contributed by atoms with Crippen LogP contribution in [0.25, 0.3) is 0 Å². The maximum atomic E-state index is 11.6. The molecule has 2 heterocycles. The van der Waals surface area contributed by atoms with Crippen LogP contribution in [-0.2, 0) is 9.53 Å². The highest BCUT2D eigenvalue weighted by atomic mass is 16.5. The molecule has 2 atom stereocenters. The van der Waals surface area contributed by atoms with Gasteiger partial charge >= 0.3 is 0 Å². The van der Waals surface area contributed by atoms with Gasteiger partial charge in [-0.2, -0.15) is 0 Å². The number of amides is 1. The van der Waals surface area contributed by atoms with Gasteiger partial charge in [-0.25, -0.2) is 0 Å². The zero-order valence-corrected chi connectivity index (χ0v) is 8.61. The summed E-state index contributed by atoms with van der Waals surface area (Å²) in [5.41, 5.74) is 5.36. The Labute approximate surface area is 84.4 Å². The minimum Gasteiger partial charge on any atom is -0.381 e. The molecular formula is C10H18N2O2. The van der Waals surface area contributed by atoms with Gasteiger partial charge in [0.2, 0.25) is 5.91 Å². The molecule has 4 nitrogen and oxygen atoms in total. The number of ether oxygens (including phenoxy) is 1. The predicted molar refractivity (Wildman–Crippen MR) is 52.6 cm³/mol. The second kappa shape index (κ2) is 3.87. The number of rotatable bonds is 3. The van der Waals surface area contributed by atoms with E-state index in [2.05, 4.69) is 0 Å². The molecule has 2 N–H and O–H groups in total. The van der Waals surface area contributed by atoms with Crippen LogP contribution in [0.15, 0.2) is 0 Å². The van der Waals surface area contributed by atoms with Crippen molar-refractivity contribution < 1.29 is 9.53 Å². The van der Waals surface area contributed by atoms with E-state index < -0.39 is 0 Å². The van der Waals surface area contributed by atoms with Crippen LogP contribution in [0.5, 0.6) is 0 Å². The lowest BCUT2D eigenvalue weighted by atomic mass is 9.68. The Morgan fingerprint density at radius 3 is 2.64 bits per heavy atom. The summed E-state index contributed by atoms with van der Waals surface area (Å²) < 4.78 is 5.38. The molecule has 1 aliphatic carbocycles. The topological polar surface area (TPSA) is 55.6 Å². The van der Waals surface area contributed by atoms with Gasteiger partial charge in [-0.05, 0) is 6.42 Å². The Morgan fingerprint density at radius 2 is 2.14 bits per heavy atom. The summed E-state index contributed by atoms with van der Waals surface area (Å²) in [4.78, 5) is 13.5. The minimum atomic E-state index is 0.205. The molecule has 3 fully saturated rings. The zero-order valence-electron chi connectivity index (χ0n) is 8.61. The first-order valence-electron chi connectivity index (χ1n) is 5.27. The van der Waals surface area contributed by atoms with Crippen molar-refractivity contribution >= 4 is 5.91 Å². The van der Waals surface area contributed by atoms with Crippen LogP contribution < -0.4 is 5.73 Å². The second-order valence-corrected chi connectivity index (χ2v) is 4.29. The molecule has 1 amide bonds. The number of hydrogen-bond acceptors (Lipinski definition) is 3. The van der Waals surface area contributed by atoms with Gasteiger partial charge in [-0.3, -0.25) is 4.79 Å². The summed E-state index contributed by atoms with van der Waals surface area (Å²) >= 11 is 0. The van der Waals surface area contributed by atoms with E-state index in [0.29, 0.717) is 30.9 Å². The summed E-state index contributed by atoms with van der Waals surface area (Å²) in [6.07, 6.45) is 2.11. The SMILES string of the molecule is COC1[C@H]2C[C@H]1CN(C(=O)CCN)C2. The van der Waals surface area contributed by atoms with Crippen LogP contribution in [0.4, 0.5) is 0 Å². The van der Waals surface area contributed by atoms with E-state index in [-0.39, 0.29) is 5.91 Å². The monoisotopic (exact) mass is 198 g/mol. The standard InChI is InChI=1S/C10H18N2O2/c1-14-10-7-4-8(10)6-12(5-7)9(13)2-3-11/h7-8,10H,2-6,11H2,1H3/t7-,8-/m0/s1. The first-order chi connectivity index (χ1) is 6.76. The maximum Gasteiger partial charge on any atom is 0.223 e. The Kier molecular flexibility index (Phi) is 2.74. The number of nitrogens with two attached hydrogens (primary N) is 1. The van der Waals surface area contributed by atoms with Crippen molar-refractivity contribution in [2.75, 3.05) is 26.7 Å². The molecule has 2 aliphatic heterocycles. The van der Waals surface area contributed by atoms with E-state index in [4.69, 9.17) is 10.5 Å². The van der Waals surface area contributed by atoms with Gasteiger partial charge in [0, 0.05) is 45.0 Å². The number of carbonyl (C=O) groups excluding carboxylic acids is 1. The zero-order chi connectivity index (χ0) is 10.1. The van der Waals surface area contributed by atoms with Gasteiger partial charge < -0.3 is 15.4 Å². The van der Waals surface area contributed by atoms with Crippen molar-refractivity contribution in [1.82, 2.24) is 4.90 Å². The van der Waals surface area contributed by atoms with Crippen molar-refractivity contribution in [2.45, 2.75) is 18.9 Å². The Morgan fingerprint density at radius 1 is 1.50 bits per heavy atom. The predicted octanol–water partition coefficient (Wildman–Crippen LogP) is -0.171. The van der Waals surface area contributed by atoms with Crippen molar-refractivity contribution in [3.05, 3.63) is 0 Å². The molecule has 80 valence electrons. The lowest BCUT2D eigenvalue weighted by Crippen LogP contribution is -2.60. The quantitative estimate of drug-likeness (QED) is 0.685. The van der Waals surface area contributed by atoms with Crippen LogP contribution in [-0.4, -0.2) is 43.7 Å². The Balaban J connectivity index is 1.87. The smallest absolute Gasteiger partial charge is 0.223 e. The summed E-state index contributed by atoms with van der Waals surface area (Å²) in [6.45, 7) is 2.19. The average Bonchev–Trinajstić information content (AvgIpc) is 2.19. The number of carbonyl (C=O) groups is 1. The van der Waals surface area contributed by atoms with Gasteiger partial charge in [-0.1, -0.05) is 0 Å². The third-order valence-electron chi connectivity index (χ3n) is 3.43. The third-order valence-corrected chi connectivity index (χ3v) is 3.43. The molecule has 0 aromatic carbocycles. The van der Waals surface area contributed by atoms with Crippen molar-refractivity contribution in [2.24, 2.45) is 17.6 Å². The van der Waals surface area contributed by atoms with E-state index >= 15 is 0 Å². The van der Waals surface area contributed by atoms with Crippen LogP contribution in [0.1, 0.15) is 12.8 Å². The molecule has 14 heavy (non-hydrogen) atoms. The van der Waals surface area contributed by atoms with Crippen LogP contribution in [0.2, 0.25) is 0 Å².